The normalized spacial score (nSPS) is 27.3. The van der Waals surface area contributed by atoms with Crippen molar-refractivity contribution in [2.45, 2.75) is 38.0 Å². The third-order valence-electron chi connectivity index (χ3n) is 5.52. The van der Waals surface area contributed by atoms with Gasteiger partial charge in [0.1, 0.15) is 0 Å². The number of carbonyl (C=O) groups is 1. The summed E-state index contributed by atoms with van der Waals surface area (Å²) in [7, 11) is -3.58. The summed E-state index contributed by atoms with van der Waals surface area (Å²) in [6, 6.07) is 6.42. The lowest BCUT2D eigenvalue weighted by Gasteiger charge is -2.34. The summed E-state index contributed by atoms with van der Waals surface area (Å²) < 4.78 is 27.7. The maximum absolute atomic E-state index is 13.0. The zero-order valence-electron chi connectivity index (χ0n) is 16.3. The average molecular weight is 394 g/mol. The van der Waals surface area contributed by atoms with Crippen molar-refractivity contribution in [2.24, 2.45) is 17.8 Å². The number of nitrogens with one attached hydrogen (secondary N) is 2. The molecule has 6 nitrogen and oxygen atoms in total. The van der Waals surface area contributed by atoms with Gasteiger partial charge in [0.15, 0.2) is 0 Å². The van der Waals surface area contributed by atoms with Crippen molar-refractivity contribution < 1.29 is 13.2 Å². The quantitative estimate of drug-likeness (QED) is 0.803. The van der Waals surface area contributed by atoms with Crippen molar-refractivity contribution in [3.63, 3.8) is 0 Å². The predicted octanol–water partition coefficient (Wildman–Crippen LogP) is 2.08. The number of nitrogens with zero attached hydrogens (tertiary/aromatic N) is 1. The van der Waals surface area contributed by atoms with Gasteiger partial charge in [0, 0.05) is 25.2 Å². The number of carbonyl (C=O) groups excluding carboxylic acids is 1. The van der Waals surface area contributed by atoms with Crippen LogP contribution in [-0.2, 0) is 10.0 Å². The van der Waals surface area contributed by atoms with Gasteiger partial charge in [-0.3, -0.25) is 4.79 Å². The molecule has 2 N–H and O–H groups in total. The Morgan fingerprint density at radius 3 is 2.67 bits per heavy atom. The van der Waals surface area contributed by atoms with Crippen molar-refractivity contribution in [3.8, 4) is 0 Å². The van der Waals surface area contributed by atoms with Crippen molar-refractivity contribution >= 4 is 15.9 Å². The van der Waals surface area contributed by atoms with E-state index in [1.807, 2.05) is 0 Å². The zero-order valence-corrected chi connectivity index (χ0v) is 17.1. The van der Waals surface area contributed by atoms with Gasteiger partial charge in [-0.15, -0.1) is 0 Å². The largest absolute Gasteiger partial charge is 0.352 e. The molecule has 1 amide bonds. The Morgan fingerprint density at radius 1 is 1.26 bits per heavy atom. The molecule has 2 aliphatic rings. The summed E-state index contributed by atoms with van der Waals surface area (Å²) in [5.74, 6) is 0.919. The second kappa shape index (κ2) is 8.71. The van der Waals surface area contributed by atoms with Crippen LogP contribution >= 0.6 is 0 Å². The second-order valence-corrected chi connectivity index (χ2v) is 10.2. The lowest BCUT2D eigenvalue weighted by Crippen LogP contribution is -2.42. The molecule has 150 valence electrons. The topological polar surface area (TPSA) is 78.5 Å². The summed E-state index contributed by atoms with van der Waals surface area (Å²) in [4.78, 5) is 12.7. The average Bonchev–Trinajstić information content (AvgIpc) is 2.66. The van der Waals surface area contributed by atoms with Crippen LogP contribution in [0.2, 0.25) is 0 Å². The molecule has 1 aromatic rings. The van der Waals surface area contributed by atoms with Crippen LogP contribution < -0.4 is 10.6 Å². The van der Waals surface area contributed by atoms with E-state index in [2.05, 4.69) is 24.5 Å². The summed E-state index contributed by atoms with van der Waals surface area (Å²) in [6.07, 6.45) is 3.28. The maximum atomic E-state index is 13.0. The Labute approximate surface area is 162 Å². The molecular weight excluding hydrogens is 362 g/mol. The highest BCUT2D eigenvalue weighted by Gasteiger charge is 2.32. The van der Waals surface area contributed by atoms with E-state index in [0.717, 1.165) is 32.4 Å². The number of sulfonamides is 1. The van der Waals surface area contributed by atoms with Crippen molar-refractivity contribution in [1.82, 2.24) is 14.9 Å². The molecule has 2 heterocycles. The van der Waals surface area contributed by atoms with E-state index in [1.54, 1.807) is 22.5 Å². The third kappa shape index (κ3) is 5.09. The molecule has 1 aromatic carbocycles. The number of piperidine rings is 2. The standard InChI is InChI=1S/C20H31N3O3S/c1-15-9-16(2)14-23(13-15)27(25,26)19-7-3-6-18(10-19)20(24)22-12-17-5-4-8-21-11-17/h3,6-7,10,15-17,21H,4-5,8-9,11-14H2,1-2H3,(H,22,24). The summed E-state index contributed by atoms with van der Waals surface area (Å²) >= 11 is 0. The first-order chi connectivity index (χ1) is 12.9. The predicted molar refractivity (Wildman–Crippen MR) is 106 cm³/mol. The molecule has 0 radical (unpaired) electrons. The fourth-order valence-corrected chi connectivity index (χ4v) is 5.91. The monoisotopic (exact) mass is 393 g/mol. The van der Waals surface area contributed by atoms with Gasteiger partial charge in [-0.1, -0.05) is 19.9 Å². The molecule has 2 fully saturated rings. The van der Waals surface area contributed by atoms with E-state index in [-0.39, 0.29) is 10.8 Å². The summed E-state index contributed by atoms with van der Waals surface area (Å²) in [6.45, 7) is 7.82. The van der Waals surface area contributed by atoms with Crippen LogP contribution in [0.5, 0.6) is 0 Å². The minimum Gasteiger partial charge on any atom is -0.352 e. The van der Waals surface area contributed by atoms with Crippen molar-refractivity contribution in [2.75, 3.05) is 32.7 Å². The van der Waals surface area contributed by atoms with Crippen LogP contribution in [0.1, 0.15) is 43.5 Å². The van der Waals surface area contributed by atoms with Gasteiger partial charge in [-0.25, -0.2) is 8.42 Å². The number of hydrogen-bond donors (Lipinski definition) is 2. The lowest BCUT2D eigenvalue weighted by molar-refractivity contribution is 0.0944. The van der Waals surface area contributed by atoms with E-state index in [0.29, 0.717) is 43.0 Å². The molecule has 0 saturated carbocycles. The highest BCUT2D eigenvalue weighted by molar-refractivity contribution is 7.89. The number of benzene rings is 1. The van der Waals surface area contributed by atoms with Gasteiger partial charge >= 0.3 is 0 Å². The fourth-order valence-electron chi connectivity index (χ4n) is 4.19. The van der Waals surface area contributed by atoms with Crippen LogP contribution in [0.3, 0.4) is 0 Å². The first kappa shape index (κ1) is 20.3. The first-order valence-electron chi connectivity index (χ1n) is 9.95. The molecule has 2 aliphatic heterocycles. The van der Waals surface area contributed by atoms with Gasteiger partial charge in [0.2, 0.25) is 10.0 Å². The number of amides is 1. The van der Waals surface area contributed by atoms with Crippen molar-refractivity contribution in [1.29, 1.82) is 0 Å². The van der Waals surface area contributed by atoms with E-state index >= 15 is 0 Å². The number of rotatable bonds is 5. The molecule has 0 aromatic heterocycles. The molecule has 3 atom stereocenters. The molecule has 7 heteroatoms. The minimum absolute atomic E-state index is 0.204. The highest BCUT2D eigenvalue weighted by Crippen LogP contribution is 2.27. The van der Waals surface area contributed by atoms with Crippen LogP contribution in [0.4, 0.5) is 0 Å². The Morgan fingerprint density at radius 2 is 2.00 bits per heavy atom. The van der Waals surface area contributed by atoms with Gasteiger partial charge in [-0.2, -0.15) is 4.31 Å². The van der Waals surface area contributed by atoms with Gasteiger partial charge in [-0.05, 0) is 68.3 Å². The molecule has 27 heavy (non-hydrogen) atoms. The SMILES string of the molecule is CC1CC(C)CN(S(=O)(=O)c2cccc(C(=O)NCC3CCCNC3)c2)C1. The molecular formula is C20H31N3O3S. The second-order valence-electron chi connectivity index (χ2n) is 8.22. The summed E-state index contributed by atoms with van der Waals surface area (Å²) in [5, 5.41) is 6.29. The Bertz CT molecular complexity index is 749. The summed E-state index contributed by atoms with van der Waals surface area (Å²) in [5.41, 5.74) is 0.401. The number of hydrogen-bond acceptors (Lipinski definition) is 4. The van der Waals surface area contributed by atoms with E-state index < -0.39 is 10.0 Å². The maximum Gasteiger partial charge on any atom is 0.251 e. The Kier molecular flexibility index (Phi) is 6.55. The van der Waals surface area contributed by atoms with Crippen LogP contribution in [0, 0.1) is 17.8 Å². The van der Waals surface area contributed by atoms with E-state index in [4.69, 9.17) is 0 Å². The Hall–Kier alpha value is -1.44. The zero-order chi connectivity index (χ0) is 19.4. The molecule has 2 saturated heterocycles. The minimum atomic E-state index is -3.58. The van der Waals surface area contributed by atoms with Gasteiger partial charge < -0.3 is 10.6 Å². The Balaban J connectivity index is 1.69. The molecule has 0 spiro atoms. The van der Waals surface area contributed by atoms with Crippen LogP contribution in [0.15, 0.2) is 29.2 Å². The lowest BCUT2D eigenvalue weighted by atomic mass is 9.94. The molecule has 3 rings (SSSR count). The van der Waals surface area contributed by atoms with Gasteiger partial charge in [0.05, 0.1) is 4.90 Å². The van der Waals surface area contributed by atoms with Crippen LogP contribution in [0.25, 0.3) is 0 Å². The molecule has 0 bridgehead atoms. The van der Waals surface area contributed by atoms with Gasteiger partial charge in [0.25, 0.3) is 5.91 Å². The third-order valence-corrected chi connectivity index (χ3v) is 7.35. The first-order valence-corrected chi connectivity index (χ1v) is 11.4. The molecule has 0 aliphatic carbocycles. The van der Waals surface area contributed by atoms with E-state index in [9.17, 15) is 13.2 Å². The van der Waals surface area contributed by atoms with Crippen LogP contribution in [-0.4, -0.2) is 51.4 Å². The fraction of sp³-hybridized carbons (Fsp3) is 0.650. The molecule has 3 unspecified atom stereocenters. The smallest absolute Gasteiger partial charge is 0.251 e. The van der Waals surface area contributed by atoms with E-state index in [1.165, 1.54) is 6.07 Å². The van der Waals surface area contributed by atoms with Crippen molar-refractivity contribution in [3.05, 3.63) is 29.8 Å². The highest BCUT2D eigenvalue weighted by atomic mass is 32.2.